The van der Waals surface area contributed by atoms with Gasteiger partial charge in [0.2, 0.25) is 5.91 Å². The molecule has 0 aromatic heterocycles. The van der Waals surface area contributed by atoms with Crippen LogP contribution in [0.2, 0.25) is 0 Å². The molecule has 0 saturated heterocycles. The van der Waals surface area contributed by atoms with Crippen molar-refractivity contribution in [2.24, 2.45) is 0 Å². The Kier molecular flexibility index (Phi) is 4.35. The molecule has 0 atom stereocenters. The number of amides is 1. The Hall–Kier alpha value is -1.51. The van der Waals surface area contributed by atoms with Crippen LogP contribution in [-0.2, 0) is 11.2 Å². The van der Waals surface area contributed by atoms with Crippen molar-refractivity contribution in [1.29, 1.82) is 0 Å². The fraction of sp³-hybridized carbons (Fsp3) is 0.462. The third-order valence-corrected chi connectivity index (χ3v) is 2.39. The van der Waals surface area contributed by atoms with Gasteiger partial charge in [-0.25, -0.2) is 0 Å². The molecule has 1 aliphatic rings. The van der Waals surface area contributed by atoms with Gasteiger partial charge in [0.1, 0.15) is 5.75 Å². The second-order valence-corrected chi connectivity index (χ2v) is 4.01. The van der Waals surface area contributed by atoms with Crippen molar-refractivity contribution >= 4 is 11.6 Å². The first kappa shape index (κ1) is 12.6. The van der Waals surface area contributed by atoms with Gasteiger partial charge in [-0.1, -0.05) is 26.3 Å². The van der Waals surface area contributed by atoms with Crippen LogP contribution in [0.1, 0.15) is 37.8 Å². The number of aryl methyl sites for hydroxylation is 1. The normalized spacial score (nSPS) is 13.3. The Labute approximate surface area is 96.5 Å². The fourth-order valence-corrected chi connectivity index (χ4v) is 1.64. The van der Waals surface area contributed by atoms with Gasteiger partial charge in [0.25, 0.3) is 0 Å². The summed E-state index contributed by atoms with van der Waals surface area (Å²) in [7, 11) is 0. The number of benzene rings is 1. The third-order valence-electron chi connectivity index (χ3n) is 2.39. The summed E-state index contributed by atoms with van der Waals surface area (Å²) in [5.41, 5.74) is 2.77. The summed E-state index contributed by atoms with van der Waals surface area (Å²) in [5.74, 6) is 0.141. The van der Waals surface area contributed by atoms with E-state index in [0.717, 1.165) is 17.5 Å². The highest BCUT2D eigenvalue weighted by atomic mass is 16.3. The highest BCUT2D eigenvalue weighted by Gasteiger charge is 2.18. The van der Waals surface area contributed by atoms with E-state index >= 15 is 0 Å². The van der Waals surface area contributed by atoms with Crippen LogP contribution in [0.4, 0.5) is 5.69 Å². The first-order chi connectivity index (χ1) is 7.60. The quantitative estimate of drug-likeness (QED) is 0.662. The van der Waals surface area contributed by atoms with E-state index < -0.39 is 0 Å². The summed E-state index contributed by atoms with van der Waals surface area (Å²) in [5, 5.41) is 12.2. The Bertz CT molecular complexity index is 386. The van der Waals surface area contributed by atoms with Gasteiger partial charge in [-0.3, -0.25) is 4.79 Å². The lowest BCUT2D eigenvalue weighted by Gasteiger charge is -2.19. The number of phenols is 1. The summed E-state index contributed by atoms with van der Waals surface area (Å²) < 4.78 is 0. The van der Waals surface area contributed by atoms with Gasteiger partial charge in [0.15, 0.2) is 0 Å². The van der Waals surface area contributed by atoms with Crippen LogP contribution in [0.5, 0.6) is 5.75 Å². The number of phenolic OH excluding ortho intramolecular Hbond substituents is 1. The molecular weight excluding hydrogens is 202 g/mol. The molecule has 0 bridgehead atoms. The number of carbonyl (C=O) groups excluding carboxylic acids is 1. The van der Waals surface area contributed by atoms with Crippen molar-refractivity contribution in [3.05, 3.63) is 23.3 Å². The lowest BCUT2D eigenvalue weighted by atomic mass is 9.97. The van der Waals surface area contributed by atoms with Crippen molar-refractivity contribution in [2.45, 2.75) is 40.0 Å². The van der Waals surface area contributed by atoms with Crippen LogP contribution in [-0.4, -0.2) is 11.0 Å². The molecule has 1 aromatic rings. The molecule has 0 radical (unpaired) electrons. The molecule has 16 heavy (non-hydrogen) atoms. The molecule has 3 nitrogen and oxygen atoms in total. The highest BCUT2D eigenvalue weighted by molar-refractivity contribution is 5.95. The van der Waals surface area contributed by atoms with Crippen molar-refractivity contribution in [3.63, 3.8) is 0 Å². The van der Waals surface area contributed by atoms with Crippen molar-refractivity contribution in [3.8, 4) is 5.75 Å². The zero-order valence-electron chi connectivity index (χ0n) is 10.1. The summed E-state index contributed by atoms with van der Waals surface area (Å²) in [6, 6.07) is 3.48. The van der Waals surface area contributed by atoms with Crippen LogP contribution in [0.15, 0.2) is 12.1 Å². The first-order valence-corrected chi connectivity index (χ1v) is 5.71. The third kappa shape index (κ3) is 2.75. The van der Waals surface area contributed by atoms with E-state index in [1.807, 2.05) is 13.0 Å². The lowest BCUT2D eigenvalue weighted by Crippen LogP contribution is -2.19. The molecule has 0 saturated carbocycles. The number of nitrogens with one attached hydrogen (secondary N) is 1. The number of hydrogen-bond acceptors (Lipinski definition) is 2. The van der Waals surface area contributed by atoms with Crippen LogP contribution in [0, 0.1) is 6.92 Å². The van der Waals surface area contributed by atoms with E-state index in [2.05, 4.69) is 19.2 Å². The molecular formula is C13H19NO2. The summed E-state index contributed by atoms with van der Waals surface area (Å²) >= 11 is 0. The van der Waals surface area contributed by atoms with Crippen LogP contribution < -0.4 is 5.32 Å². The molecule has 0 unspecified atom stereocenters. The highest BCUT2D eigenvalue weighted by Crippen LogP contribution is 2.33. The van der Waals surface area contributed by atoms with Gasteiger partial charge in [-0.2, -0.15) is 0 Å². The number of fused-ring (bicyclic) bond motifs is 1. The van der Waals surface area contributed by atoms with E-state index in [0.29, 0.717) is 12.1 Å². The average molecular weight is 221 g/mol. The maximum atomic E-state index is 11.1. The number of aromatic hydroxyl groups is 1. The van der Waals surface area contributed by atoms with Crippen molar-refractivity contribution in [1.82, 2.24) is 0 Å². The summed E-state index contributed by atoms with van der Waals surface area (Å²) in [4.78, 5) is 11.1. The zero-order chi connectivity index (χ0) is 12.1. The van der Waals surface area contributed by atoms with Crippen LogP contribution in [0.25, 0.3) is 0 Å². The van der Waals surface area contributed by atoms with Gasteiger partial charge in [0, 0.05) is 6.42 Å². The molecule has 2 rings (SSSR count). The molecule has 1 amide bonds. The molecule has 3 heteroatoms. The minimum atomic E-state index is -0.0200. The standard InChI is InChI=1S/C10H11NO2.C3H8/c1-6-2-4-8(12)10-7(6)3-5-9(13)11-10;1-3-2/h2,4,12H,3,5H2,1H3,(H,11,13);3H2,1-2H3. The van der Waals surface area contributed by atoms with Crippen molar-refractivity contribution < 1.29 is 9.90 Å². The molecule has 0 spiro atoms. The minimum Gasteiger partial charge on any atom is -0.506 e. The Balaban J connectivity index is 0.000000386. The van der Waals surface area contributed by atoms with Crippen LogP contribution >= 0.6 is 0 Å². The monoisotopic (exact) mass is 221 g/mol. The Morgan fingerprint density at radius 1 is 1.31 bits per heavy atom. The topological polar surface area (TPSA) is 49.3 Å². The number of hydrogen-bond donors (Lipinski definition) is 2. The van der Waals surface area contributed by atoms with Crippen LogP contribution in [0.3, 0.4) is 0 Å². The maximum Gasteiger partial charge on any atom is 0.224 e. The predicted molar refractivity (Wildman–Crippen MR) is 65.8 cm³/mol. The fourth-order valence-electron chi connectivity index (χ4n) is 1.64. The largest absolute Gasteiger partial charge is 0.506 e. The SMILES string of the molecule is CCC.Cc1ccc(O)c2c1CCC(=O)N2. The van der Waals surface area contributed by atoms with Gasteiger partial charge in [-0.05, 0) is 30.5 Å². The first-order valence-electron chi connectivity index (χ1n) is 5.71. The second-order valence-electron chi connectivity index (χ2n) is 4.01. The Morgan fingerprint density at radius 3 is 2.56 bits per heavy atom. The molecule has 0 fully saturated rings. The van der Waals surface area contributed by atoms with E-state index in [-0.39, 0.29) is 11.7 Å². The Morgan fingerprint density at radius 2 is 1.94 bits per heavy atom. The molecule has 2 N–H and O–H groups in total. The number of rotatable bonds is 0. The smallest absolute Gasteiger partial charge is 0.224 e. The van der Waals surface area contributed by atoms with Gasteiger partial charge in [-0.15, -0.1) is 0 Å². The minimum absolute atomic E-state index is 0.0200. The zero-order valence-corrected chi connectivity index (χ0v) is 10.1. The second kappa shape index (κ2) is 5.54. The lowest BCUT2D eigenvalue weighted by molar-refractivity contribution is -0.116. The summed E-state index contributed by atoms with van der Waals surface area (Å²) in [6.07, 6.45) is 2.48. The predicted octanol–water partition coefficient (Wildman–Crippen LogP) is 3.00. The van der Waals surface area contributed by atoms with Gasteiger partial charge >= 0.3 is 0 Å². The molecule has 1 aromatic carbocycles. The van der Waals surface area contributed by atoms with E-state index in [4.69, 9.17) is 0 Å². The molecule has 1 aliphatic heterocycles. The van der Waals surface area contributed by atoms with E-state index in [1.165, 1.54) is 6.42 Å². The van der Waals surface area contributed by atoms with Gasteiger partial charge in [0.05, 0.1) is 5.69 Å². The molecule has 88 valence electrons. The summed E-state index contributed by atoms with van der Waals surface area (Å²) in [6.45, 7) is 6.23. The van der Waals surface area contributed by atoms with Gasteiger partial charge < -0.3 is 10.4 Å². The maximum absolute atomic E-state index is 11.1. The molecule has 1 heterocycles. The van der Waals surface area contributed by atoms with Crippen molar-refractivity contribution in [2.75, 3.05) is 5.32 Å². The number of anilines is 1. The van der Waals surface area contributed by atoms with E-state index in [9.17, 15) is 9.90 Å². The van der Waals surface area contributed by atoms with E-state index in [1.54, 1.807) is 6.07 Å². The number of carbonyl (C=O) groups is 1. The molecule has 0 aliphatic carbocycles. The average Bonchev–Trinajstić information content (AvgIpc) is 2.25.